The van der Waals surface area contributed by atoms with Crippen LogP contribution in [0.1, 0.15) is 66.4 Å². The molecule has 16 heavy (non-hydrogen) atoms. The molecule has 0 bridgehead atoms. The summed E-state index contributed by atoms with van der Waals surface area (Å²) in [5.74, 6) is 1.54. The molecule has 0 aromatic heterocycles. The van der Waals surface area contributed by atoms with Gasteiger partial charge in [-0.2, -0.15) is 0 Å². The van der Waals surface area contributed by atoms with Gasteiger partial charge in [-0.15, -0.1) is 0 Å². The van der Waals surface area contributed by atoms with Crippen molar-refractivity contribution in [2.75, 3.05) is 0 Å². The molecule has 0 spiro atoms. The fraction of sp³-hybridized carbons (Fsp3) is 0.625. The average Bonchev–Trinajstić information content (AvgIpc) is 2.33. The largest absolute Gasteiger partial charge is 0.0683 e. The first-order valence-corrected chi connectivity index (χ1v) is 6.62. The van der Waals surface area contributed by atoms with E-state index in [0.29, 0.717) is 5.92 Å². The fourth-order valence-corrected chi connectivity index (χ4v) is 0.838. The van der Waals surface area contributed by atoms with Crippen molar-refractivity contribution in [2.24, 2.45) is 5.92 Å². The maximum Gasteiger partial charge on any atom is -0.0219 e. The lowest BCUT2D eigenvalue weighted by Gasteiger charge is -2.01. The van der Waals surface area contributed by atoms with Gasteiger partial charge in [-0.05, 0) is 17.4 Å². The van der Waals surface area contributed by atoms with Crippen LogP contribution in [0.2, 0.25) is 0 Å². The molecule has 0 amide bonds. The number of hydrogen-bond donors (Lipinski definition) is 0. The van der Waals surface area contributed by atoms with E-state index in [2.05, 4.69) is 58.9 Å². The third-order valence-corrected chi connectivity index (χ3v) is 2.28. The van der Waals surface area contributed by atoms with Crippen molar-refractivity contribution >= 4 is 0 Å². The fourth-order valence-electron chi connectivity index (χ4n) is 0.838. The van der Waals surface area contributed by atoms with E-state index >= 15 is 0 Å². The molecule has 0 fully saturated rings. The van der Waals surface area contributed by atoms with Gasteiger partial charge in [0.15, 0.2) is 0 Å². The Morgan fingerprint density at radius 2 is 1.25 bits per heavy atom. The molecule has 0 unspecified atom stereocenters. The topological polar surface area (TPSA) is 0 Å². The first-order valence-electron chi connectivity index (χ1n) is 6.62. The summed E-state index contributed by atoms with van der Waals surface area (Å²) in [7, 11) is 0. The van der Waals surface area contributed by atoms with Crippen molar-refractivity contribution in [1.29, 1.82) is 0 Å². The molecular weight excluding hydrogens is 192 g/mol. The van der Waals surface area contributed by atoms with E-state index < -0.39 is 0 Å². The second kappa shape index (κ2) is 12.3. The van der Waals surface area contributed by atoms with Crippen molar-refractivity contribution in [2.45, 2.75) is 60.8 Å². The first-order chi connectivity index (χ1) is 7.57. The standard InChI is InChI=1S/C9H12.C5H12.C2H6/c1-8(2)9-6-4-3-5-7-9;1-4-5(2)3;1-2/h3-8H,1-2H3;5H,4H2,1-3H3;1-2H3. The van der Waals surface area contributed by atoms with Gasteiger partial charge in [-0.1, -0.05) is 85.2 Å². The Labute approximate surface area is 103 Å². The highest BCUT2D eigenvalue weighted by Crippen LogP contribution is 2.11. The molecular formula is C16H30. The zero-order chi connectivity index (χ0) is 13.0. The van der Waals surface area contributed by atoms with Gasteiger partial charge in [-0.25, -0.2) is 0 Å². The van der Waals surface area contributed by atoms with Gasteiger partial charge in [0.05, 0.1) is 0 Å². The average molecular weight is 222 g/mol. The molecule has 0 nitrogen and oxygen atoms in total. The van der Waals surface area contributed by atoms with Crippen LogP contribution in [0.5, 0.6) is 0 Å². The van der Waals surface area contributed by atoms with Crippen LogP contribution in [-0.2, 0) is 0 Å². The smallest absolute Gasteiger partial charge is 0.0219 e. The van der Waals surface area contributed by atoms with Crippen LogP contribution >= 0.6 is 0 Å². The lowest BCUT2D eigenvalue weighted by molar-refractivity contribution is 0.626. The Kier molecular flexibility index (Phi) is 13.5. The summed E-state index contributed by atoms with van der Waals surface area (Å²) >= 11 is 0. The molecule has 0 N–H and O–H groups in total. The van der Waals surface area contributed by atoms with Crippen LogP contribution in [0.15, 0.2) is 30.3 Å². The molecule has 0 aliphatic carbocycles. The third-order valence-electron chi connectivity index (χ3n) is 2.28. The van der Waals surface area contributed by atoms with Crippen LogP contribution in [-0.4, -0.2) is 0 Å². The highest BCUT2D eigenvalue weighted by atomic mass is 14.0. The highest BCUT2D eigenvalue weighted by molar-refractivity contribution is 5.17. The molecule has 0 saturated heterocycles. The summed E-state index contributed by atoms with van der Waals surface area (Å²) in [6.45, 7) is 15.1. The maximum absolute atomic E-state index is 2.22. The van der Waals surface area contributed by atoms with Gasteiger partial charge in [0.2, 0.25) is 0 Å². The second-order valence-corrected chi connectivity index (χ2v) is 4.37. The quantitative estimate of drug-likeness (QED) is 0.585. The van der Waals surface area contributed by atoms with E-state index in [4.69, 9.17) is 0 Å². The summed E-state index contributed by atoms with van der Waals surface area (Å²) in [5.41, 5.74) is 1.41. The number of benzene rings is 1. The summed E-state index contributed by atoms with van der Waals surface area (Å²) in [6.07, 6.45) is 1.31. The summed E-state index contributed by atoms with van der Waals surface area (Å²) in [4.78, 5) is 0. The van der Waals surface area contributed by atoms with Crippen LogP contribution in [0, 0.1) is 5.92 Å². The normalized spacial score (nSPS) is 9.06. The Balaban J connectivity index is 0. The Morgan fingerprint density at radius 3 is 1.44 bits per heavy atom. The lowest BCUT2D eigenvalue weighted by Crippen LogP contribution is -1.83. The molecule has 0 radical (unpaired) electrons. The summed E-state index contributed by atoms with van der Waals surface area (Å²) < 4.78 is 0. The zero-order valence-electron chi connectivity index (χ0n) is 12.2. The third kappa shape index (κ3) is 11.3. The van der Waals surface area contributed by atoms with E-state index in [-0.39, 0.29) is 0 Å². The monoisotopic (exact) mass is 222 g/mol. The Morgan fingerprint density at radius 1 is 0.875 bits per heavy atom. The van der Waals surface area contributed by atoms with Gasteiger partial charge in [-0.3, -0.25) is 0 Å². The van der Waals surface area contributed by atoms with Gasteiger partial charge >= 0.3 is 0 Å². The van der Waals surface area contributed by atoms with Crippen molar-refractivity contribution in [3.63, 3.8) is 0 Å². The van der Waals surface area contributed by atoms with Crippen molar-refractivity contribution in [1.82, 2.24) is 0 Å². The highest BCUT2D eigenvalue weighted by Gasteiger charge is 1.93. The van der Waals surface area contributed by atoms with Crippen molar-refractivity contribution in [3.8, 4) is 0 Å². The predicted molar refractivity (Wildman–Crippen MR) is 77.0 cm³/mol. The van der Waals surface area contributed by atoms with E-state index in [9.17, 15) is 0 Å². The van der Waals surface area contributed by atoms with Crippen LogP contribution in [0.3, 0.4) is 0 Å². The van der Waals surface area contributed by atoms with Crippen LogP contribution in [0.25, 0.3) is 0 Å². The molecule has 0 atom stereocenters. The second-order valence-electron chi connectivity index (χ2n) is 4.37. The molecule has 0 saturated carbocycles. The number of hydrogen-bond acceptors (Lipinski definition) is 0. The van der Waals surface area contributed by atoms with E-state index in [0.717, 1.165) is 5.92 Å². The Bertz CT molecular complexity index is 209. The van der Waals surface area contributed by atoms with Gasteiger partial charge in [0, 0.05) is 0 Å². The molecule has 1 aromatic rings. The van der Waals surface area contributed by atoms with Gasteiger partial charge < -0.3 is 0 Å². The Hall–Kier alpha value is -0.780. The zero-order valence-corrected chi connectivity index (χ0v) is 12.2. The van der Waals surface area contributed by atoms with Crippen LogP contribution in [0.4, 0.5) is 0 Å². The minimum atomic E-state index is 0.659. The molecule has 0 heterocycles. The molecule has 1 aromatic carbocycles. The molecule has 1 rings (SSSR count). The van der Waals surface area contributed by atoms with E-state index in [1.807, 2.05) is 19.9 Å². The minimum absolute atomic E-state index is 0.659. The molecule has 0 aliphatic rings. The van der Waals surface area contributed by atoms with Gasteiger partial charge in [0.1, 0.15) is 0 Å². The summed E-state index contributed by atoms with van der Waals surface area (Å²) in [5, 5.41) is 0. The van der Waals surface area contributed by atoms with E-state index in [1.54, 1.807) is 0 Å². The number of rotatable bonds is 2. The van der Waals surface area contributed by atoms with Gasteiger partial charge in [0.25, 0.3) is 0 Å². The predicted octanol–water partition coefficient (Wildman–Crippen LogP) is 5.89. The van der Waals surface area contributed by atoms with Crippen molar-refractivity contribution < 1.29 is 0 Å². The minimum Gasteiger partial charge on any atom is -0.0683 e. The SMILES string of the molecule is CC.CC(C)c1ccccc1.CCC(C)C. The van der Waals surface area contributed by atoms with Crippen molar-refractivity contribution in [3.05, 3.63) is 35.9 Å². The lowest BCUT2D eigenvalue weighted by atomic mass is 10.0. The van der Waals surface area contributed by atoms with Crippen LogP contribution < -0.4 is 0 Å². The molecule has 0 heteroatoms. The summed E-state index contributed by atoms with van der Waals surface area (Å²) in [6, 6.07) is 10.5. The van der Waals surface area contributed by atoms with E-state index in [1.165, 1.54) is 12.0 Å². The molecule has 94 valence electrons. The first kappa shape index (κ1) is 17.6. The maximum atomic E-state index is 2.22. The molecule has 0 aliphatic heterocycles.